The molecule has 0 heterocycles. The number of carbonyl (C=O) groups is 4. The summed E-state index contributed by atoms with van der Waals surface area (Å²) in [5.41, 5.74) is 0. The summed E-state index contributed by atoms with van der Waals surface area (Å²) in [4.78, 5) is 72.5. The van der Waals surface area contributed by atoms with E-state index in [4.69, 9.17) is 37.0 Å². The van der Waals surface area contributed by atoms with Gasteiger partial charge in [0.2, 0.25) is 0 Å². The number of phosphoric ester groups is 2. The van der Waals surface area contributed by atoms with Gasteiger partial charge < -0.3 is 33.8 Å². The van der Waals surface area contributed by atoms with E-state index < -0.39 is 97.5 Å². The molecule has 0 spiro atoms. The van der Waals surface area contributed by atoms with E-state index in [-0.39, 0.29) is 25.7 Å². The number of unbranched alkanes of at least 4 members (excludes halogenated alkanes) is 44. The summed E-state index contributed by atoms with van der Waals surface area (Å²) in [6.45, 7) is 7.23. The van der Waals surface area contributed by atoms with Gasteiger partial charge in [-0.25, -0.2) is 9.13 Å². The first-order valence-electron chi connectivity index (χ1n) is 37.6. The van der Waals surface area contributed by atoms with Crippen molar-refractivity contribution < 1.29 is 80.2 Å². The van der Waals surface area contributed by atoms with Gasteiger partial charge in [-0.3, -0.25) is 37.3 Å². The molecular formula is C72H140O17P2. The molecule has 0 saturated heterocycles. The second kappa shape index (κ2) is 65.4. The number of rotatable bonds is 72. The molecule has 0 saturated carbocycles. The third kappa shape index (κ3) is 66.5. The van der Waals surface area contributed by atoms with E-state index in [9.17, 15) is 43.2 Å². The van der Waals surface area contributed by atoms with E-state index in [1.807, 2.05) is 0 Å². The van der Waals surface area contributed by atoms with Crippen LogP contribution in [-0.4, -0.2) is 96.7 Å². The number of hydrogen-bond donors (Lipinski definition) is 3. The van der Waals surface area contributed by atoms with Crippen molar-refractivity contribution in [3.05, 3.63) is 0 Å². The van der Waals surface area contributed by atoms with Crippen molar-refractivity contribution in [3.63, 3.8) is 0 Å². The standard InChI is InChI=1S/C72H140O17P2/c1-6-9-12-15-18-21-22-23-24-25-26-27-28-29-32-38-43-48-53-58-72(77)89-68(62-83-70(75)56-51-46-41-37-33-30-31-36-39-44-49-54-65(4)5)64-87-91(80,81)85-60-66(73)59-84-90(78,79)86-63-67(88-71(76)57-52-47-42-35-20-17-14-11-8-3)61-82-69(74)55-50-45-40-34-19-16-13-10-7-2/h65-68,73H,6-64H2,1-5H3,(H,78,79)(H,80,81)/t66-,67+,68+/m0/s1. The van der Waals surface area contributed by atoms with Crippen molar-refractivity contribution in [2.45, 2.75) is 393 Å². The van der Waals surface area contributed by atoms with Crippen LogP contribution in [0.1, 0.15) is 375 Å². The molecule has 0 aliphatic carbocycles. The number of hydrogen-bond acceptors (Lipinski definition) is 15. The van der Waals surface area contributed by atoms with Crippen LogP contribution in [0, 0.1) is 5.92 Å². The smallest absolute Gasteiger partial charge is 0.462 e. The average Bonchev–Trinajstić information content (AvgIpc) is 3.64. The van der Waals surface area contributed by atoms with Crippen LogP contribution in [0.2, 0.25) is 0 Å². The van der Waals surface area contributed by atoms with Crippen molar-refractivity contribution in [2.75, 3.05) is 39.6 Å². The molecule has 0 aromatic carbocycles. The maximum Gasteiger partial charge on any atom is 0.472 e. The molecule has 540 valence electrons. The first kappa shape index (κ1) is 89.1. The minimum atomic E-state index is -4.95. The summed E-state index contributed by atoms with van der Waals surface area (Å²) in [6.07, 6.45) is 52.8. The maximum absolute atomic E-state index is 13.0. The summed E-state index contributed by atoms with van der Waals surface area (Å²) in [5, 5.41) is 10.6. The van der Waals surface area contributed by atoms with Crippen LogP contribution >= 0.6 is 15.6 Å². The van der Waals surface area contributed by atoms with E-state index in [0.717, 1.165) is 95.8 Å². The molecule has 19 heteroatoms. The quantitative estimate of drug-likeness (QED) is 0.0222. The number of phosphoric acid groups is 2. The van der Waals surface area contributed by atoms with Crippen LogP contribution in [-0.2, 0) is 65.4 Å². The summed E-state index contributed by atoms with van der Waals surface area (Å²) in [6, 6.07) is 0. The van der Waals surface area contributed by atoms with Gasteiger partial charge in [0.05, 0.1) is 26.4 Å². The molecule has 0 aromatic rings. The summed E-state index contributed by atoms with van der Waals surface area (Å²) in [5.74, 6) is -1.35. The van der Waals surface area contributed by atoms with Gasteiger partial charge in [0, 0.05) is 25.7 Å². The molecule has 5 atom stereocenters. The molecule has 17 nitrogen and oxygen atoms in total. The molecule has 0 fully saturated rings. The second-order valence-electron chi connectivity index (χ2n) is 26.5. The van der Waals surface area contributed by atoms with E-state index in [2.05, 4.69) is 34.6 Å². The lowest BCUT2D eigenvalue weighted by molar-refractivity contribution is -0.161. The number of aliphatic hydroxyl groups is 1. The van der Waals surface area contributed by atoms with Crippen LogP contribution in [0.4, 0.5) is 0 Å². The molecule has 0 bridgehead atoms. The number of esters is 4. The molecule has 0 aliphatic heterocycles. The fraction of sp³-hybridized carbons (Fsp3) is 0.944. The zero-order valence-electron chi connectivity index (χ0n) is 59.0. The molecule has 3 N–H and O–H groups in total. The molecule has 91 heavy (non-hydrogen) atoms. The van der Waals surface area contributed by atoms with Crippen LogP contribution in [0.3, 0.4) is 0 Å². The minimum absolute atomic E-state index is 0.106. The third-order valence-electron chi connectivity index (χ3n) is 16.8. The lowest BCUT2D eigenvalue weighted by Crippen LogP contribution is -2.30. The van der Waals surface area contributed by atoms with Crippen LogP contribution in [0.25, 0.3) is 0 Å². The normalized spacial score (nSPS) is 14.0. The predicted molar refractivity (Wildman–Crippen MR) is 368 cm³/mol. The Labute approximate surface area is 556 Å². The summed E-state index contributed by atoms with van der Waals surface area (Å²) >= 11 is 0. The van der Waals surface area contributed by atoms with Crippen LogP contribution in [0.15, 0.2) is 0 Å². The first-order valence-corrected chi connectivity index (χ1v) is 40.6. The minimum Gasteiger partial charge on any atom is -0.462 e. The number of carbonyl (C=O) groups excluding carboxylic acids is 4. The van der Waals surface area contributed by atoms with Crippen molar-refractivity contribution in [2.24, 2.45) is 5.92 Å². The van der Waals surface area contributed by atoms with Crippen molar-refractivity contribution in [3.8, 4) is 0 Å². The van der Waals surface area contributed by atoms with Gasteiger partial charge in [-0.1, -0.05) is 324 Å². The number of aliphatic hydroxyl groups excluding tert-OH is 1. The Balaban J connectivity index is 5.19. The lowest BCUT2D eigenvalue weighted by Gasteiger charge is -2.21. The molecule has 0 aromatic heterocycles. The van der Waals surface area contributed by atoms with Crippen molar-refractivity contribution >= 4 is 39.5 Å². The molecule has 0 aliphatic rings. The van der Waals surface area contributed by atoms with E-state index in [1.54, 1.807) is 0 Å². The highest BCUT2D eigenvalue weighted by Crippen LogP contribution is 2.45. The maximum atomic E-state index is 13.0. The van der Waals surface area contributed by atoms with Gasteiger partial charge in [-0.2, -0.15) is 0 Å². The summed E-state index contributed by atoms with van der Waals surface area (Å²) < 4.78 is 68.3. The van der Waals surface area contributed by atoms with Crippen molar-refractivity contribution in [1.29, 1.82) is 0 Å². The molecule has 0 amide bonds. The first-order chi connectivity index (χ1) is 44.0. The Morgan fingerprint density at radius 2 is 0.505 bits per heavy atom. The predicted octanol–water partition coefficient (Wildman–Crippen LogP) is 20.9. The SMILES string of the molecule is CCCCCCCCCCCCCCCCCCCCCC(=O)O[C@H](COC(=O)CCCCCCCCCCCCCC(C)C)COP(=O)(O)OC[C@@H](O)COP(=O)(O)OC[C@@H](COC(=O)CCCCCCCCCCC)OC(=O)CCCCCCCCCCC. The molecular weight excluding hydrogens is 1200 g/mol. The summed E-state index contributed by atoms with van der Waals surface area (Å²) in [7, 11) is -9.90. The fourth-order valence-electron chi connectivity index (χ4n) is 11.0. The van der Waals surface area contributed by atoms with Gasteiger partial charge in [-0.05, 0) is 31.6 Å². The highest BCUT2D eigenvalue weighted by atomic mass is 31.2. The van der Waals surface area contributed by atoms with Gasteiger partial charge >= 0.3 is 39.5 Å². The van der Waals surface area contributed by atoms with Crippen LogP contribution < -0.4 is 0 Å². The van der Waals surface area contributed by atoms with Gasteiger partial charge in [-0.15, -0.1) is 0 Å². The van der Waals surface area contributed by atoms with E-state index in [0.29, 0.717) is 25.7 Å². The van der Waals surface area contributed by atoms with Gasteiger partial charge in [0.25, 0.3) is 0 Å². The Bertz CT molecular complexity index is 1750. The average molecular weight is 1340 g/mol. The highest BCUT2D eigenvalue weighted by Gasteiger charge is 2.30. The zero-order valence-corrected chi connectivity index (χ0v) is 60.8. The van der Waals surface area contributed by atoms with E-state index >= 15 is 0 Å². The van der Waals surface area contributed by atoms with Crippen LogP contribution in [0.5, 0.6) is 0 Å². The van der Waals surface area contributed by atoms with Crippen molar-refractivity contribution in [1.82, 2.24) is 0 Å². The Morgan fingerprint density at radius 1 is 0.297 bits per heavy atom. The topological polar surface area (TPSA) is 237 Å². The second-order valence-corrected chi connectivity index (χ2v) is 29.4. The van der Waals surface area contributed by atoms with Gasteiger partial charge in [0.15, 0.2) is 12.2 Å². The lowest BCUT2D eigenvalue weighted by atomic mass is 10.0. The Kier molecular flexibility index (Phi) is 64.0. The third-order valence-corrected chi connectivity index (χ3v) is 18.7. The molecule has 0 radical (unpaired) electrons. The van der Waals surface area contributed by atoms with Gasteiger partial charge in [0.1, 0.15) is 19.3 Å². The Hall–Kier alpha value is -1.94. The molecule has 2 unspecified atom stereocenters. The fourth-order valence-corrected chi connectivity index (χ4v) is 12.6. The molecule has 0 rings (SSSR count). The Morgan fingerprint density at radius 3 is 0.747 bits per heavy atom. The zero-order chi connectivity index (χ0) is 67.0. The highest BCUT2D eigenvalue weighted by molar-refractivity contribution is 7.47. The monoisotopic (exact) mass is 1340 g/mol. The number of ether oxygens (including phenoxy) is 4. The van der Waals surface area contributed by atoms with E-state index in [1.165, 1.54) is 199 Å². The largest absolute Gasteiger partial charge is 0.472 e.